The zero-order valence-corrected chi connectivity index (χ0v) is 17.0. The minimum atomic E-state index is -3.79. The summed E-state index contributed by atoms with van der Waals surface area (Å²) in [5, 5.41) is 0. The smallest absolute Gasteiger partial charge is 0.246 e. The van der Waals surface area contributed by atoms with Gasteiger partial charge in [0.05, 0.1) is 4.90 Å². The Morgan fingerprint density at radius 1 is 0.967 bits per heavy atom. The first-order valence-electron chi connectivity index (χ1n) is 9.56. The lowest BCUT2D eigenvalue weighted by molar-refractivity contribution is -0.127. The van der Waals surface area contributed by atoms with Gasteiger partial charge in [-0.05, 0) is 42.0 Å². The first-order valence-corrected chi connectivity index (χ1v) is 11.0. The molecule has 30 heavy (non-hydrogen) atoms. The van der Waals surface area contributed by atoms with E-state index in [0.29, 0.717) is 24.7 Å². The monoisotopic (exact) mass is 432 g/mol. The molecule has 2 aromatic carbocycles. The molecule has 2 heterocycles. The molecule has 158 valence electrons. The molecular formula is C21H21FN2O5S. The van der Waals surface area contributed by atoms with Crippen molar-refractivity contribution in [3.63, 3.8) is 0 Å². The van der Waals surface area contributed by atoms with E-state index in [9.17, 15) is 17.6 Å². The van der Waals surface area contributed by atoms with Crippen LogP contribution in [0.1, 0.15) is 5.56 Å². The Bertz CT molecular complexity index is 1080. The van der Waals surface area contributed by atoms with E-state index in [1.54, 1.807) is 17.0 Å². The molecule has 0 saturated carbocycles. The highest BCUT2D eigenvalue weighted by molar-refractivity contribution is 7.89. The highest BCUT2D eigenvalue weighted by Crippen LogP contribution is 2.31. The number of carbonyl (C=O) groups is 1. The molecule has 2 aromatic rings. The van der Waals surface area contributed by atoms with Crippen LogP contribution in [0.2, 0.25) is 0 Å². The van der Waals surface area contributed by atoms with Crippen LogP contribution in [0.4, 0.5) is 4.39 Å². The van der Waals surface area contributed by atoms with Gasteiger partial charge in [0.1, 0.15) is 19.0 Å². The predicted molar refractivity (Wildman–Crippen MR) is 108 cm³/mol. The molecule has 0 N–H and O–H groups in total. The number of nitrogens with zero attached hydrogens (tertiary/aromatic N) is 2. The fourth-order valence-corrected chi connectivity index (χ4v) is 4.82. The van der Waals surface area contributed by atoms with Crippen LogP contribution < -0.4 is 9.47 Å². The predicted octanol–water partition coefficient (Wildman–Crippen LogP) is 2.14. The number of benzene rings is 2. The molecule has 1 amide bonds. The third-order valence-corrected chi connectivity index (χ3v) is 6.86. The summed E-state index contributed by atoms with van der Waals surface area (Å²) in [5.41, 5.74) is 0.805. The van der Waals surface area contributed by atoms with Crippen LogP contribution in [-0.2, 0) is 14.8 Å². The number of carbonyl (C=O) groups excluding carboxylic acids is 1. The van der Waals surface area contributed by atoms with Crippen LogP contribution in [0.25, 0.3) is 6.08 Å². The largest absolute Gasteiger partial charge is 0.486 e. The standard InChI is InChI=1S/C21H21FN2O5S/c22-17-2-1-3-18(15-17)30(26,27)24-10-8-23(9-11-24)21(25)7-5-16-4-6-19-20(14-16)29-13-12-28-19/h1-7,14-15H,8-13H2. The van der Waals surface area contributed by atoms with Crippen molar-refractivity contribution in [3.05, 3.63) is 59.9 Å². The van der Waals surface area contributed by atoms with Crippen molar-refractivity contribution in [2.24, 2.45) is 0 Å². The summed E-state index contributed by atoms with van der Waals surface area (Å²) in [4.78, 5) is 14.0. The van der Waals surface area contributed by atoms with E-state index in [1.165, 1.54) is 28.6 Å². The number of piperazine rings is 1. The molecule has 0 aromatic heterocycles. The van der Waals surface area contributed by atoms with Crippen molar-refractivity contribution in [3.8, 4) is 11.5 Å². The molecule has 0 spiro atoms. The van der Waals surface area contributed by atoms with Gasteiger partial charge in [0, 0.05) is 32.3 Å². The van der Waals surface area contributed by atoms with E-state index < -0.39 is 15.8 Å². The van der Waals surface area contributed by atoms with Crippen LogP contribution in [0.3, 0.4) is 0 Å². The maximum Gasteiger partial charge on any atom is 0.246 e. The summed E-state index contributed by atoms with van der Waals surface area (Å²) >= 11 is 0. The van der Waals surface area contributed by atoms with Gasteiger partial charge in [-0.2, -0.15) is 4.31 Å². The van der Waals surface area contributed by atoms with E-state index in [2.05, 4.69) is 0 Å². The normalized spacial score (nSPS) is 17.3. The third-order valence-electron chi connectivity index (χ3n) is 4.97. The van der Waals surface area contributed by atoms with Crippen molar-refractivity contribution in [1.82, 2.24) is 9.21 Å². The van der Waals surface area contributed by atoms with Gasteiger partial charge in [0.15, 0.2) is 11.5 Å². The molecule has 1 saturated heterocycles. The van der Waals surface area contributed by atoms with E-state index in [4.69, 9.17) is 9.47 Å². The Labute approximate surface area is 174 Å². The third kappa shape index (κ3) is 4.31. The summed E-state index contributed by atoms with van der Waals surface area (Å²) in [7, 11) is -3.79. The molecule has 1 fully saturated rings. The maximum absolute atomic E-state index is 13.4. The summed E-state index contributed by atoms with van der Waals surface area (Å²) in [6.45, 7) is 1.84. The van der Waals surface area contributed by atoms with Crippen molar-refractivity contribution in [2.45, 2.75) is 4.90 Å². The summed E-state index contributed by atoms with van der Waals surface area (Å²) in [5.74, 6) is 0.522. The molecule has 4 rings (SSSR count). The average Bonchev–Trinajstić information content (AvgIpc) is 2.77. The fourth-order valence-electron chi connectivity index (χ4n) is 3.36. The molecule has 0 aliphatic carbocycles. The van der Waals surface area contributed by atoms with E-state index in [-0.39, 0.29) is 37.0 Å². The maximum atomic E-state index is 13.4. The molecule has 0 radical (unpaired) electrons. The van der Waals surface area contributed by atoms with Gasteiger partial charge in [-0.15, -0.1) is 0 Å². The number of fused-ring (bicyclic) bond motifs is 1. The van der Waals surface area contributed by atoms with Crippen LogP contribution in [0, 0.1) is 5.82 Å². The first-order chi connectivity index (χ1) is 14.4. The van der Waals surface area contributed by atoms with E-state index in [1.807, 2.05) is 12.1 Å². The zero-order valence-electron chi connectivity index (χ0n) is 16.2. The van der Waals surface area contributed by atoms with Crippen molar-refractivity contribution in [2.75, 3.05) is 39.4 Å². The lowest BCUT2D eigenvalue weighted by Crippen LogP contribution is -2.50. The van der Waals surface area contributed by atoms with E-state index in [0.717, 1.165) is 11.6 Å². The van der Waals surface area contributed by atoms with Crippen LogP contribution in [0.5, 0.6) is 11.5 Å². The molecule has 0 unspecified atom stereocenters. The van der Waals surface area contributed by atoms with Gasteiger partial charge in [-0.1, -0.05) is 12.1 Å². The number of hydrogen-bond acceptors (Lipinski definition) is 5. The van der Waals surface area contributed by atoms with E-state index >= 15 is 0 Å². The Morgan fingerprint density at radius 2 is 1.70 bits per heavy atom. The summed E-state index contributed by atoms with van der Waals surface area (Å²) in [6.07, 6.45) is 3.15. The molecule has 9 heteroatoms. The van der Waals surface area contributed by atoms with Gasteiger partial charge < -0.3 is 14.4 Å². The number of amides is 1. The minimum Gasteiger partial charge on any atom is -0.486 e. The summed E-state index contributed by atoms with van der Waals surface area (Å²) in [6, 6.07) is 10.4. The highest BCUT2D eigenvalue weighted by atomic mass is 32.2. The molecule has 7 nitrogen and oxygen atoms in total. The van der Waals surface area contributed by atoms with Crippen LogP contribution in [0.15, 0.2) is 53.4 Å². The molecule has 0 atom stereocenters. The molecule has 2 aliphatic rings. The highest BCUT2D eigenvalue weighted by Gasteiger charge is 2.29. The fraction of sp³-hybridized carbons (Fsp3) is 0.286. The van der Waals surface area contributed by atoms with Crippen LogP contribution in [-0.4, -0.2) is 62.9 Å². The Hall–Kier alpha value is -2.91. The number of rotatable bonds is 4. The van der Waals surface area contributed by atoms with Gasteiger partial charge >= 0.3 is 0 Å². The first kappa shape index (κ1) is 20.4. The molecule has 0 bridgehead atoms. The topological polar surface area (TPSA) is 76.2 Å². The van der Waals surface area contributed by atoms with Gasteiger partial charge in [0.2, 0.25) is 15.9 Å². The molecule has 2 aliphatic heterocycles. The Kier molecular flexibility index (Phi) is 5.74. The Morgan fingerprint density at radius 3 is 2.43 bits per heavy atom. The minimum absolute atomic E-state index is 0.0826. The second kappa shape index (κ2) is 8.45. The number of ether oxygens (including phenoxy) is 2. The quantitative estimate of drug-likeness (QED) is 0.692. The zero-order chi connectivity index (χ0) is 21.1. The van der Waals surface area contributed by atoms with Crippen molar-refractivity contribution < 1.29 is 27.1 Å². The van der Waals surface area contributed by atoms with Gasteiger partial charge in [-0.25, -0.2) is 12.8 Å². The van der Waals surface area contributed by atoms with Gasteiger partial charge in [0.25, 0.3) is 0 Å². The number of sulfonamides is 1. The average molecular weight is 432 g/mol. The molecular weight excluding hydrogens is 411 g/mol. The summed E-state index contributed by atoms with van der Waals surface area (Å²) < 4.78 is 51.0. The Balaban J connectivity index is 1.37. The van der Waals surface area contributed by atoms with Crippen molar-refractivity contribution in [1.29, 1.82) is 0 Å². The lowest BCUT2D eigenvalue weighted by Gasteiger charge is -2.33. The lowest BCUT2D eigenvalue weighted by atomic mass is 10.1. The number of hydrogen-bond donors (Lipinski definition) is 0. The number of halogens is 1. The SMILES string of the molecule is O=C(C=Cc1ccc2c(c1)OCCO2)N1CCN(S(=O)(=O)c2cccc(F)c2)CC1. The van der Waals surface area contributed by atoms with Gasteiger partial charge in [-0.3, -0.25) is 4.79 Å². The second-order valence-electron chi connectivity index (χ2n) is 6.92. The second-order valence-corrected chi connectivity index (χ2v) is 8.86. The van der Waals surface area contributed by atoms with Crippen LogP contribution >= 0.6 is 0 Å². The van der Waals surface area contributed by atoms with Crippen molar-refractivity contribution >= 4 is 22.0 Å².